The second kappa shape index (κ2) is 6.13. The topological polar surface area (TPSA) is 75.4 Å². The number of aryl methyl sites for hydroxylation is 1. The lowest BCUT2D eigenvalue weighted by Gasteiger charge is -2.22. The maximum atomic E-state index is 12.6. The van der Waals surface area contributed by atoms with E-state index in [1.165, 1.54) is 6.20 Å². The van der Waals surface area contributed by atoms with Gasteiger partial charge >= 0.3 is 0 Å². The number of aromatic nitrogens is 3. The molecule has 7 nitrogen and oxygen atoms in total. The lowest BCUT2D eigenvalue weighted by atomic mass is 10.0. The van der Waals surface area contributed by atoms with E-state index in [0.29, 0.717) is 29.1 Å². The number of carbonyl (C=O) groups is 1. The van der Waals surface area contributed by atoms with E-state index >= 15 is 0 Å². The van der Waals surface area contributed by atoms with Crippen molar-refractivity contribution in [3.8, 4) is 0 Å². The Morgan fingerprint density at radius 2 is 1.92 bits per heavy atom. The van der Waals surface area contributed by atoms with Crippen LogP contribution in [-0.2, 0) is 0 Å². The quantitative estimate of drug-likeness (QED) is 0.851. The zero-order valence-corrected chi connectivity index (χ0v) is 14.8. The van der Waals surface area contributed by atoms with E-state index in [1.54, 1.807) is 13.3 Å². The molecule has 0 aromatic carbocycles. The molecule has 0 spiro atoms. The van der Waals surface area contributed by atoms with Crippen LogP contribution in [0.5, 0.6) is 0 Å². The monoisotopic (exact) mass is 341 g/mol. The van der Waals surface area contributed by atoms with Gasteiger partial charge < -0.3 is 14.3 Å². The molecule has 0 radical (unpaired) electrons. The molecular weight excluding hydrogens is 318 g/mol. The summed E-state index contributed by atoms with van der Waals surface area (Å²) in [6, 6.07) is 2.09. The molecule has 1 amide bonds. The summed E-state index contributed by atoms with van der Waals surface area (Å²) in [6.45, 7) is 9.50. The van der Waals surface area contributed by atoms with Crippen LogP contribution in [0, 0.1) is 18.8 Å². The number of nitrogens with zero attached hydrogens (tertiary/aromatic N) is 5. The first-order valence-corrected chi connectivity index (χ1v) is 8.80. The third-order valence-electron chi connectivity index (χ3n) is 5.34. The van der Waals surface area contributed by atoms with Gasteiger partial charge in [-0.2, -0.15) is 0 Å². The van der Waals surface area contributed by atoms with Gasteiger partial charge in [0, 0.05) is 49.8 Å². The lowest BCUT2D eigenvalue weighted by molar-refractivity contribution is 0.0781. The molecule has 7 heteroatoms. The fraction of sp³-hybridized carbons (Fsp3) is 0.556. The molecule has 132 valence electrons. The molecule has 2 aromatic rings. The first kappa shape index (κ1) is 16.1. The van der Waals surface area contributed by atoms with Crippen molar-refractivity contribution in [2.24, 2.45) is 11.8 Å². The third kappa shape index (κ3) is 2.88. The van der Waals surface area contributed by atoms with Crippen LogP contribution < -0.4 is 4.90 Å². The Bertz CT molecular complexity index is 773. The van der Waals surface area contributed by atoms with E-state index < -0.39 is 0 Å². The predicted octanol–water partition coefficient (Wildman–Crippen LogP) is 2.10. The number of amides is 1. The summed E-state index contributed by atoms with van der Waals surface area (Å²) in [5.74, 6) is 2.99. The first-order valence-electron chi connectivity index (χ1n) is 8.80. The minimum absolute atomic E-state index is 0.0313. The molecule has 2 aliphatic heterocycles. The van der Waals surface area contributed by atoms with Crippen LogP contribution >= 0.6 is 0 Å². The summed E-state index contributed by atoms with van der Waals surface area (Å²) < 4.78 is 5.02. The molecule has 25 heavy (non-hydrogen) atoms. The highest BCUT2D eigenvalue weighted by molar-refractivity contribution is 5.95. The second-order valence-electron chi connectivity index (χ2n) is 7.39. The molecule has 0 aliphatic carbocycles. The smallest absolute Gasteiger partial charge is 0.259 e. The number of rotatable bonds is 3. The molecule has 4 heterocycles. The number of hydrogen-bond donors (Lipinski definition) is 0. The Morgan fingerprint density at radius 1 is 1.20 bits per heavy atom. The van der Waals surface area contributed by atoms with Gasteiger partial charge in [-0.1, -0.05) is 19.0 Å². The maximum Gasteiger partial charge on any atom is 0.259 e. The average molecular weight is 341 g/mol. The Balaban J connectivity index is 1.43. The van der Waals surface area contributed by atoms with E-state index in [-0.39, 0.29) is 5.91 Å². The van der Waals surface area contributed by atoms with Crippen LogP contribution in [-0.4, -0.2) is 52.1 Å². The molecule has 0 N–H and O–H groups in total. The van der Waals surface area contributed by atoms with E-state index in [1.807, 2.05) is 4.90 Å². The van der Waals surface area contributed by atoms with Gasteiger partial charge in [-0.15, -0.1) is 0 Å². The van der Waals surface area contributed by atoms with Crippen molar-refractivity contribution in [3.05, 3.63) is 35.6 Å². The zero-order valence-electron chi connectivity index (χ0n) is 14.8. The standard InChI is InChI=1S/C18H23N5O2/c1-11(2)16-4-17(20-10-19-16)22-6-13-8-23(9-14(13)7-22)18(24)15-5-21-25-12(15)3/h4-5,10-11,13-14H,6-9H2,1-3H3. The predicted molar refractivity (Wildman–Crippen MR) is 92.5 cm³/mol. The van der Waals surface area contributed by atoms with Gasteiger partial charge in [0.1, 0.15) is 23.5 Å². The number of likely N-dealkylation sites (tertiary alicyclic amines) is 1. The SMILES string of the molecule is Cc1oncc1C(=O)N1CC2CN(c3cc(C(C)C)ncn3)CC2C1. The van der Waals surface area contributed by atoms with Gasteiger partial charge in [0.2, 0.25) is 0 Å². The summed E-state index contributed by atoms with van der Waals surface area (Å²) in [4.78, 5) is 25.7. The molecule has 4 rings (SSSR count). The van der Waals surface area contributed by atoms with Crippen molar-refractivity contribution in [2.75, 3.05) is 31.1 Å². The second-order valence-corrected chi connectivity index (χ2v) is 7.39. The molecule has 2 aliphatic rings. The summed E-state index contributed by atoms with van der Waals surface area (Å²) in [5.41, 5.74) is 1.65. The summed E-state index contributed by atoms with van der Waals surface area (Å²) in [6.07, 6.45) is 3.18. The van der Waals surface area contributed by atoms with Crippen molar-refractivity contribution in [3.63, 3.8) is 0 Å². The fourth-order valence-corrected chi connectivity index (χ4v) is 3.87. The highest BCUT2D eigenvalue weighted by Crippen LogP contribution is 2.34. The van der Waals surface area contributed by atoms with Crippen LogP contribution in [0.1, 0.15) is 41.6 Å². The Hall–Kier alpha value is -2.44. The summed E-state index contributed by atoms with van der Waals surface area (Å²) in [7, 11) is 0. The van der Waals surface area contributed by atoms with Crippen LogP contribution in [0.15, 0.2) is 23.1 Å². The summed E-state index contributed by atoms with van der Waals surface area (Å²) >= 11 is 0. The third-order valence-corrected chi connectivity index (χ3v) is 5.34. The van der Waals surface area contributed by atoms with Crippen LogP contribution in [0.4, 0.5) is 5.82 Å². The normalized spacial score (nSPS) is 22.7. The number of anilines is 1. The molecule has 0 bridgehead atoms. The highest BCUT2D eigenvalue weighted by Gasteiger charge is 2.42. The highest BCUT2D eigenvalue weighted by atomic mass is 16.5. The van der Waals surface area contributed by atoms with Crippen molar-refractivity contribution in [2.45, 2.75) is 26.7 Å². The first-order chi connectivity index (χ1) is 12.0. The Kier molecular flexibility index (Phi) is 3.94. The van der Waals surface area contributed by atoms with Crippen LogP contribution in [0.3, 0.4) is 0 Å². The van der Waals surface area contributed by atoms with Gasteiger partial charge in [-0.3, -0.25) is 4.79 Å². The van der Waals surface area contributed by atoms with Crippen LogP contribution in [0.25, 0.3) is 0 Å². The maximum absolute atomic E-state index is 12.6. The van der Waals surface area contributed by atoms with E-state index in [9.17, 15) is 4.79 Å². The number of hydrogen-bond acceptors (Lipinski definition) is 6. The van der Waals surface area contributed by atoms with E-state index in [4.69, 9.17) is 4.52 Å². The van der Waals surface area contributed by atoms with Gasteiger partial charge in [0.15, 0.2) is 0 Å². The average Bonchev–Trinajstić information content (AvgIpc) is 3.28. The Labute approximate surface area is 147 Å². The van der Waals surface area contributed by atoms with E-state index in [0.717, 1.165) is 37.7 Å². The largest absolute Gasteiger partial charge is 0.361 e. The lowest BCUT2D eigenvalue weighted by Crippen LogP contribution is -2.33. The summed E-state index contributed by atoms with van der Waals surface area (Å²) in [5, 5.41) is 3.72. The van der Waals surface area contributed by atoms with Crippen LogP contribution in [0.2, 0.25) is 0 Å². The Morgan fingerprint density at radius 3 is 2.52 bits per heavy atom. The minimum Gasteiger partial charge on any atom is -0.361 e. The number of fused-ring (bicyclic) bond motifs is 1. The molecular formula is C18H23N5O2. The van der Waals surface area contributed by atoms with Crippen molar-refractivity contribution < 1.29 is 9.32 Å². The fourth-order valence-electron chi connectivity index (χ4n) is 3.87. The van der Waals surface area contributed by atoms with Gasteiger partial charge in [-0.05, 0) is 12.8 Å². The molecule has 2 fully saturated rings. The van der Waals surface area contributed by atoms with Crippen molar-refractivity contribution >= 4 is 11.7 Å². The molecule has 2 saturated heterocycles. The van der Waals surface area contributed by atoms with E-state index in [2.05, 4.69) is 39.9 Å². The molecule has 2 aromatic heterocycles. The molecule has 0 saturated carbocycles. The minimum atomic E-state index is 0.0313. The number of carbonyl (C=O) groups excluding carboxylic acids is 1. The van der Waals surface area contributed by atoms with Gasteiger partial charge in [-0.25, -0.2) is 9.97 Å². The van der Waals surface area contributed by atoms with Crippen molar-refractivity contribution in [1.82, 2.24) is 20.0 Å². The van der Waals surface area contributed by atoms with Gasteiger partial charge in [0.05, 0.1) is 6.20 Å². The molecule has 2 atom stereocenters. The van der Waals surface area contributed by atoms with Gasteiger partial charge in [0.25, 0.3) is 5.91 Å². The van der Waals surface area contributed by atoms with Crippen molar-refractivity contribution in [1.29, 1.82) is 0 Å². The zero-order chi connectivity index (χ0) is 17.6. The molecule has 2 unspecified atom stereocenters.